The van der Waals surface area contributed by atoms with E-state index in [1.54, 1.807) is 0 Å². The van der Waals surface area contributed by atoms with Gasteiger partial charge in [0.1, 0.15) is 0 Å². The fraction of sp³-hybridized carbons (Fsp3) is 1.00. The van der Waals surface area contributed by atoms with E-state index in [9.17, 15) is 5.11 Å². The Bertz CT molecular complexity index is 263. The van der Waals surface area contributed by atoms with Crippen molar-refractivity contribution in [1.29, 1.82) is 0 Å². The van der Waals surface area contributed by atoms with Crippen LogP contribution in [-0.4, -0.2) is 48.3 Å². The number of hydrogen-bond donors (Lipinski definition) is 2. The minimum absolute atomic E-state index is 0.359. The van der Waals surface area contributed by atoms with E-state index >= 15 is 0 Å². The molecule has 2 aliphatic carbocycles. The standard InChI is InChI=1S/C15H28N2O/c18-7-6-13-8-15(16-14-4-5-14)11-17(10-13)9-12-2-1-3-12/h12-16,18H,1-11H2. The Hall–Kier alpha value is -0.120. The van der Waals surface area contributed by atoms with Crippen molar-refractivity contribution in [3.05, 3.63) is 0 Å². The largest absolute Gasteiger partial charge is 0.396 e. The summed E-state index contributed by atoms with van der Waals surface area (Å²) < 4.78 is 0. The Kier molecular flexibility index (Phi) is 4.22. The van der Waals surface area contributed by atoms with Crippen LogP contribution < -0.4 is 5.32 Å². The Morgan fingerprint density at radius 2 is 1.83 bits per heavy atom. The fourth-order valence-corrected chi connectivity index (χ4v) is 3.59. The molecule has 0 aromatic carbocycles. The lowest BCUT2D eigenvalue weighted by Gasteiger charge is -2.41. The van der Waals surface area contributed by atoms with Gasteiger partial charge in [0.15, 0.2) is 0 Å². The lowest BCUT2D eigenvalue weighted by molar-refractivity contribution is 0.0897. The van der Waals surface area contributed by atoms with E-state index < -0.39 is 0 Å². The number of aliphatic hydroxyl groups excluding tert-OH is 1. The molecule has 3 fully saturated rings. The first-order valence-electron chi connectivity index (χ1n) is 7.92. The zero-order valence-electron chi connectivity index (χ0n) is 11.5. The first-order chi connectivity index (χ1) is 8.83. The summed E-state index contributed by atoms with van der Waals surface area (Å²) >= 11 is 0. The van der Waals surface area contributed by atoms with Crippen molar-refractivity contribution in [3.8, 4) is 0 Å². The first kappa shape index (κ1) is 12.9. The maximum absolute atomic E-state index is 9.19. The van der Waals surface area contributed by atoms with E-state index in [-0.39, 0.29) is 0 Å². The minimum atomic E-state index is 0.359. The molecule has 2 atom stereocenters. The second kappa shape index (κ2) is 5.89. The quantitative estimate of drug-likeness (QED) is 0.754. The highest BCUT2D eigenvalue weighted by Gasteiger charge is 2.32. The second-order valence-electron chi connectivity index (χ2n) is 6.77. The maximum atomic E-state index is 9.19. The number of aliphatic hydroxyl groups is 1. The van der Waals surface area contributed by atoms with E-state index in [2.05, 4.69) is 10.2 Å². The molecule has 0 aromatic rings. The van der Waals surface area contributed by atoms with Crippen LogP contribution in [0.4, 0.5) is 0 Å². The molecule has 0 spiro atoms. The van der Waals surface area contributed by atoms with Crippen molar-refractivity contribution < 1.29 is 5.11 Å². The fourth-order valence-electron chi connectivity index (χ4n) is 3.59. The minimum Gasteiger partial charge on any atom is -0.396 e. The molecule has 1 heterocycles. The van der Waals surface area contributed by atoms with Crippen molar-refractivity contribution in [2.75, 3.05) is 26.2 Å². The Balaban J connectivity index is 1.50. The zero-order chi connectivity index (χ0) is 12.4. The van der Waals surface area contributed by atoms with E-state index in [0.29, 0.717) is 18.6 Å². The van der Waals surface area contributed by atoms with Crippen molar-refractivity contribution in [3.63, 3.8) is 0 Å². The van der Waals surface area contributed by atoms with Gasteiger partial charge in [-0.25, -0.2) is 0 Å². The summed E-state index contributed by atoms with van der Waals surface area (Å²) in [6, 6.07) is 1.50. The molecule has 3 rings (SSSR count). The Morgan fingerprint density at radius 1 is 1.00 bits per heavy atom. The summed E-state index contributed by atoms with van der Waals surface area (Å²) in [4.78, 5) is 2.67. The molecule has 1 saturated heterocycles. The molecule has 2 saturated carbocycles. The molecular weight excluding hydrogens is 224 g/mol. The van der Waals surface area contributed by atoms with Crippen molar-refractivity contribution >= 4 is 0 Å². The number of likely N-dealkylation sites (tertiary alicyclic amines) is 1. The topological polar surface area (TPSA) is 35.5 Å². The molecular formula is C15H28N2O. The van der Waals surface area contributed by atoms with E-state index in [0.717, 1.165) is 18.4 Å². The highest BCUT2D eigenvalue weighted by molar-refractivity contribution is 4.91. The molecule has 2 unspecified atom stereocenters. The molecule has 3 nitrogen and oxygen atoms in total. The van der Waals surface area contributed by atoms with Gasteiger partial charge in [0.05, 0.1) is 0 Å². The van der Waals surface area contributed by atoms with Gasteiger partial charge in [-0.05, 0) is 50.4 Å². The van der Waals surface area contributed by atoms with Gasteiger partial charge < -0.3 is 15.3 Å². The van der Waals surface area contributed by atoms with Gasteiger partial charge in [-0.15, -0.1) is 0 Å². The van der Waals surface area contributed by atoms with Crippen LogP contribution in [0.15, 0.2) is 0 Å². The predicted molar refractivity (Wildman–Crippen MR) is 73.5 cm³/mol. The highest BCUT2D eigenvalue weighted by Crippen LogP contribution is 2.30. The SMILES string of the molecule is OCCC1CC(NC2CC2)CN(CC2CCC2)C1. The summed E-state index contributed by atoms with van der Waals surface area (Å²) in [6.07, 6.45) is 9.36. The average Bonchev–Trinajstić information content (AvgIpc) is 3.08. The van der Waals surface area contributed by atoms with Crippen LogP contribution >= 0.6 is 0 Å². The van der Waals surface area contributed by atoms with Gasteiger partial charge in [0, 0.05) is 38.3 Å². The predicted octanol–water partition coefficient (Wildman–Crippen LogP) is 1.61. The van der Waals surface area contributed by atoms with Gasteiger partial charge in [0.2, 0.25) is 0 Å². The molecule has 0 radical (unpaired) electrons. The molecule has 1 aliphatic heterocycles. The molecule has 3 heteroatoms. The lowest BCUT2D eigenvalue weighted by atomic mass is 9.83. The normalized spacial score (nSPS) is 34.5. The zero-order valence-corrected chi connectivity index (χ0v) is 11.5. The summed E-state index contributed by atoms with van der Waals surface area (Å²) in [5.74, 6) is 1.68. The number of rotatable bonds is 6. The van der Waals surface area contributed by atoms with Gasteiger partial charge in [-0.1, -0.05) is 6.42 Å². The van der Waals surface area contributed by atoms with Crippen molar-refractivity contribution in [2.45, 2.75) is 57.0 Å². The van der Waals surface area contributed by atoms with Crippen molar-refractivity contribution in [2.24, 2.45) is 11.8 Å². The van der Waals surface area contributed by atoms with Crippen LogP contribution in [0.2, 0.25) is 0 Å². The van der Waals surface area contributed by atoms with Crippen LogP contribution in [0.25, 0.3) is 0 Å². The van der Waals surface area contributed by atoms with Crippen LogP contribution in [-0.2, 0) is 0 Å². The summed E-state index contributed by atoms with van der Waals surface area (Å²) in [6.45, 7) is 4.14. The number of hydrogen-bond acceptors (Lipinski definition) is 3. The monoisotopic (exact) mass is 252 g/mol. The molecule has 0 aromatic heterocycles. The maximum Gasteiger partial charge on any atom is 0.0434 e. The number of nitrogens with one attached hydrogen (secondary N) is 1. The van der Waals surface area contributed by atoms with E-state index in [4.69, 9.17) is 0 Å². The third kappa shape index (κ3) is 3.46. The smallest absolute Gasteiger partial charge is 0.0434 e. The van der Waals surface area contributed by atoms with Crippen LogP contribution in [0.1, 0.15) is 44.9 Å². The van der Waals surface area contributed by atoms with Crippen molar-refractivity contribution in [1.82, 2.24) is 10.2 Å². The molecule has 3 aliphatic rings. The number of nitrogens with zero attached hydrogens (tertiary/aromatic N) is 1. The molecule has 104 valence electrons. The molecule has 18 heavy (non-hydrogen) atoms. The van der Waals surface area contributed by atoms with Crippen LogP contribution in [0.3, 0.4) is 0 Å². The van der Waals surface area contributed by atoms with Gasteiger partial charge in [0.25, 0.3) is 0 Å². The highest BCUT2D eigenvalue weighted by atomic mass is 16.3. The third-order valence-corrected chi connectivity index (χ3v) is 4.94. The third-order valence-electron chi connectivity index (χ3n) is 4.94. The van der Waals surface area contributed by atoms with Gasteiger partial charge in [-0.3, -0.25) is 0 Å². The van der Waals surface area contributed by atoms with Gasteiger partial charge >= 0.3 is 0 Å². The summed E-state index contributed by atoms with van der Waals surface area (Å²) in [7, 11) is 0. The summed E-state index contributed by atoms with van der Waals surface area (Å²) in [5.41, 5.74) is 0. The van der Waals surface area contributed by atoms with E-state index in [1.807, 2.05) is 0 Å². The lowest BCUT2D eigenvalue weighted by Crippen LogP contribution is -2.51. The molecule has 0 bridgehead atoms. The Morgan fingerprint density at radius 3 is 2.44 bits per heavy atom. The summed E-state index contributed by atoms with van der Waals surface area (Å²) in [5, 5.41) is 13.0. The first-order valence-corrected chi connectivity index (χ1v) is 7.92. The van der Waals surface area contributed by atoms with Crippen LogP contribution in [0, 0.1) is 11.8 Å². The average molecular weight is 252 g/mol. The van der Waals surface area contributed by atoms with E-state index in [1.165, 1.54) is 58.2 Å². The van der Waals surface area contributed by atoms with Gasteiger partial charge in [-0.2, -0.15) is 0 Å². The number of piperidine rings is 1. The Labute approximate surface area is 111 Å². The van der Waals surface area contributed by atoms with Crippen LogP contribution in [0.5, 0.6) is 0 Å². The molecule has 2 N–H and O–H groups in total. The second-order valence-corrected chi connectivity index (χ2v) is 6.77. The molecule has 0 amide bonds.